The van der Waals surface area contributed by atoms with Crippen molar-refractivity contribution in [3.8, 4) is 0 Å². The molecule has 0 aromatic rings. The standard InChI is InChI=1S/C18H31N3O5/c22-12-16-15(20-18(24)19-13-3-1-2-4-13)6-5-14(26-16)11-17(23)21-7-9-25-10-8-21/h13-16,22H,1-12H2,(H2,19,20,24)/t14-,15-,16-/m1/s1. The number of aliphatic hydroxyl groups excluding tert-OH is 1. The summed E-state index contributed by atoms with van der Waals surface area (Å²) in [4.78, 5) is 26.3. The molecule has 3 fully saturated rings. The molecule has 0 spiro atoms. The minimum Gasteiger partial charge on any atom is -0.394 e. The van der Waals surface area contributed by atoms with Crippen LogP contribution >= 0.6 is 0 Å². The number of ether oxygens (including phenoxy) is 2. The Bertz CT molecular complexity index is 477. The van der Waals surface area contributed by atoms with E-state index in [2.05, 4.69) is 10.6 Å². The molecule has 3 atom stereocenters. The van der Waals surface area contributed by atoms with E-state index >= 15 is 0 Å². The summed E-state index contributed by atoms with van der Waals surface area (Å²) in [7, 11) is 0. The molecule has 26 heavy (non-hydrogen) atoms. The van der Waals surface area contributed by atoms with Gasteiger partial charge in [-0.3, -0.25) is 4.79 Å². The van der Waals surface area contributed by atoms with E-state index < -0.39 is 6.10 Å². The van der Waals surface area contributed by atoms with Gasteiger partial charge in [0.05, 0.1) is 38.4 Å². The predicted octanol–water partition coefficient (Wildman–Crippen LogP) is 0.386. The lowest BCUT2D eigenvalue weighted by molar-refractivity contribution is -0.143. The van der Waals surface area contributed by atoms with Gasteiger partial charge in [0, 0.05) is 19.1 Å². The molecule has 2 aliphatic heterocycles. The molecule has 3 amide bonds. The Hall–Kier alpha value is -1.38. The summed E-state index contributed by atoms with van der Waals surface area (Å²) >= 11 is 0. The van der Waals surface area contributed by atoms with Crippen LogP contribution in [0.5, 0.6) is 0 Å². The van der Waals surface area contributed by atoms with Crippen molar-refractivity contribution < 1.29 is 24.2 Å². The lowest BCUT2D eigenvalue weighted by Gasteiger charge is -2.37. The van der Waals surface area contributed by atoms with Gasteiger partial charge in [0.2, 0.25) is 5.91 Å². The Morgan fingerprint density at radius 2 is 1.77 bits per heavy atom. The van der Waals surface area contributed by atoms with Gasteiger partial charge >= 0.3 is 6.03 Å². The minimum absolute atomic E-state index is 0.0698. The lowest BCUT2D eigenvalue weighted by Crippen LogP contribution is -2.55. The van der Waals surface area contributed by atoms with Crippen molar-refractivity contribution >= 4 is 11.9 Å². The highest BCUT2D eigenvalue weighted by Crippen LogP contribution is 2.23. The molecule has 1 aliphatic carbocycles. The van der Waals surface area contributed by atoms with Crippen LogP contribution in [0.4, 0.5) is 4.79 Å². The number of hydrogen-bond acceptors (Lipinski definition) is 5. The zero-order valence-electron chi connectivity index (χ0n) is 15.3. The van der Waals surface area contributed by atoms with Crippen LogP contribution in [0.15, 0.2) is 0 Å². The number of nitrogens with one attached hydrogen (secondary N) is 2. The van der Waals surface area contributed by atoms with Gasteiger partial charge in [-0.05, 0) is 25.7 Å². The highest BCUT2D eigenvalue weighted by Gasteiger charge is 2.34. The highest BCUT2D eigenvalue weighted by atomic mass is 16.5. The molecule has 0 unspecified atom stereocenters. The highest BCUT2D eigenvalue weighted by molar-refractivity contribution is 5.77. The fraction of sp³-hybridized carbons (Fsp3) is 0.889. The number of carbonyl (C=O) groups excluding carboxylic acids is 2. The van der Waals surface area contributed by atoms with Crippen molar-refractivity contribution in [2.45, 2.75) is 69.2 Å². The molecule has 2 heterocycles. The molecule has 2 saturated heterocycles. The predicted molar refractivity (Wildman–Crippen MR) is 94.7 cm³/mol. The molecular formula is C18H31N3O5. The molecule has 0 aromatic carbocycles. The van der Waals surface area contributed by atoms with Gasteiger partial charge in [0.1, 0.15) is 6.10 Å². The topological polar surface area (TPSA) is 100 Å². The fourth-order valence-corrected chi connectivity index (χ4v) is 4.05. The molecule has 148 valence electrons. The summed E-state index contributed by atoms with van der Waals surface area (Å²) in [5, 5.41) is 15.6. The van der Waals surface area contributed by atoms with E-state index in [1.807, 2.05) is 0 Å². The quantitative estimate of drug-likeness (QED) is 0.651. The van der Waals surface area contributed by atoms with Crippen LogP contribution in [-0.2, 0) is 14.3 Å². The smallest absolute Gasteiger partial charge is 0.315 e. The van der Waals surface area contributed by atoms with Crippen LogP contribution < -0.4 is 10.6 Å². The summed E-state index contributed by atoms with van der Waals surface area (Å²) in [6.45, 7) is 2.24. The molecule has 8 heteroatoms. The zero-order valence-corrected chi connectivity index (χ0v) is 15.3. The van der Waals surface area contributed by atoms with Gasteiger partial charge in [0.15, 0.2) is 0 Å². The molecule has 3 aliphatic rings. The SMILES string of the molecule is O=C(NC1CCCC1)N[C@@H]1CC[C@H](CC(=O)N2CCOCC2)O[C@@H]1CO. The van der Waals surface area contributed by atoms with Crippen molar-refractivity contribution in [3.63, 3.8) is 0 Å². The van der Waals surface area contributed by atoms with Crippen molar-refractivity contribution in [3.05, 3.63) is 0 Å². The lowest BCUT2D eigenvalue weighted by atomic mass is 9.97. The van der Waals surface area contributed by atoms with Crippen molar-refractivity contribution in [1.29, 1.82) is 0 Å². The second kappa shape index (κ2) is 9.53. The van der Waals surface area contributed by atoms with Gasteiger partial charge in [0.25, 0.3) is 0 Å². The van der Waals surface area contributed by atoms with Crippen molar-refractivity contribution in [2.24, 2.45) is 0 Å². The minimum atomic E-state index is -0.472. The zero-order chi connectivity index (χ0) is 18.4. The Morgan fingerprint density at radius 1 is 1.04 bits per heavy atom. The molecule has 3 N–H and O–H groups in total. The van der Waals surface area contributed by atoms with Crippen molar-refractivity contribution in [1.82, 2.24) is 15.5 Å². The summed E-state index contributed by atoms with van der Waals surface area (Å²) in [6, 6.07) is -0.158. The average Bonchev–Trinajstić information content (AvgIpc) is 3.16. The van der Waals surface area contributed by atoms with Crippen LogP contribution in [0.2, 0.25) is 0 Å². The van der Waals surface area contributed by atoms with E-state index in [0.29, 0.717) is 45.6 Å². The monoisotopic (exact) mass is 369 g/mol. The first-order chi connectivity index (χ1) is 12.7. The van der Waals surface area contributed by atoms with Gasteiger partial charge in [-0.1, -0.05) is 12.8 Å². The molecule has 1 saturated carbocycles. The van der Waals surface area contributed by atoms with Gasteiger partial charge in [-0.2, -0.15) is 0 Å². The number of aliphatic hydroxyl groups is 1. The Balaban J connectivity index is 1.43. The molecule has 0 aromatic heterocycles. The van der Waals surface area contributed by atoms with E-state index in [1.165, 1.54) is 0 Å². The van der Waals surface area contributed by atoms with Gasteiger partial charge in [-0.15, -0.1) is 0 Å². The Labute approximate surface area is 154 Å². The number of hydrogen-bond donors (Lipinski definition) is 3. The summed E-state index contributed by atoms with van der Waals surface area (Å²) in [5.41, 5.74) is 0. The second-order valence-corrected chi connectivity index (χ2v) is 7.46. The second-order valence-electron chi connectivity index (χ2n) is 7.46. The van der Waals surface area contributed by atoms with Gasteiger partial charge in [-0.25, -0.2) is 4.79 Å². The van der Waals surface area contributed by atoms with Crippen LogP contribution in [-0.4, -0.2) is 79.1 Å². The average molecular weight is 369 g/mol. The number of rotatable bonds is 5. The molecule has 0 radical (unpaired) electrons. The van der Waals surface area contributed by atoms with E-state index in [0.717, 1.165) is 25.7 Å². The summed E-state index contributed by atoms with van der Waals surface area (Å²) < 4.78 is 11.2. The first kappa shape index (κ1) is 19.4. The van der Waals surface area contributed by atoms with Crippen molar-refractivity contribution in [2.75, 3.05) is 32.9 Å². The molecular weight excluding hydrogens is 338 g/mol. The van der Waals surface area contributed by atoms with Crippen LogP contribution in [0.1, 0.15) is 44.9 Å². The number of morpholine rings is 1. The molecule has 3 rings (SSSR count). The van der Waals surface area contributed by atoms with Crippen LogP contribution in [0.3, 0.4) is 0 Å². The first-order valence-electron chi connectivity index (χ1n) is 9.84. The van der Waals surface area contributed by atoms with E-state index in [-0.39, 0.29) is 36.7 Å². The van der Waals surface area contributed by atoms with E-state index in [1.54, 1.807) is 4.90 Å². The Kier molecular flexibility index (Phi) is 7.10. The Morgan fingerprint density at radius 3 is 2.46 bits per heavy atom. The third kappa shape index (κ3) is 5.31. The molecule has 8 nitrogen and oxygen atoms in total. The number of nitrogens with zero attached hydrogens (tertiary/aromatic N) is 1. The largest absolute Gasteiger partial charge is 0.394 e. The maximum atomic E-state index is 12.4. The third-order valence-electron chi connectivity index (χ3n) is 5.57. The summed E-state index contributed by atoms with van der Waals surface area (Å²) in [5.74, 6) is 0.0698. The van der Waals surface area contributed by atoms with E-state index in [4.69, 9.17) is 9.47 Å². The van der Waals surface area contributed by atoms with Crippen LogP contribution in [0, 0.1) is 0 Å². The molecule has 0 bridgehead atoms. The number of amides is 3. The third-order valence-corrected chi connectivity index (χ3v) is 5.57. The van der Waals surface area contributed by atoms with E-state index in [9.17, 15) is 14.7 Å². The number of carbonyl (C=O) groups is 2. The van der Waals surface area contributed by atoms with Gasteiger partial charge < -0.3 is 30.1 Å². The summed E-state index contributed by atoms with van der Waals surface area (Å²) in [6.07, 6.45) is 5.42. The van der Waals surface area contributed by atoms with Crippen LogP contribution in [0.25, 0.3) is 0 Å². The maximum absolute atomic E-state index is 12.4. The first-order valence-corrected chi connectivity index (χ1v) is 9.84. The maximum Gasteiger partial charge on any atom is 0.315 e. The normalized spacial score (nSPS) is 30.2. The fourth-order valence-electron chi connectivity index (χ4n) is 4.05. The number of urea groups is 1.